The molecule has 0 aliphatic rings. The number of rotatable bonds is 3. The van der Waals surface area contributed by atoms with E-state index >= 15 is 0 Å². The molecule has 0 aliphatic heterocycles. The summed E-state index contributed by atoms with van der Waals surface area (Å²) >= 11 is 1.67. The summed E-state index contributed by atoms with van der Waals surface area (Å²) in [6.07, 6.45) is 3.07. The van der Waals surface area contributed by atoms with E-state index < -0.39 is 4.11 Å². The molecule has 68 valence electrons. The van der Waals surface area contributed by atoms with E-state index in [1.165, 1.54) is 6.08 Å². The van der Waals surface area contributed by atoms with Crippen molar-refractivity contribution in [2.45, 2.75) is 4.11 Å². The van der Waals surface area contributed by atoms with Crippen molar-refractivity contribution in [1.29, 1.82) is 0 Å². The zero-order valence-corrected chi connectivity index (χ0v) is 9.01. The highest BCUT2D eigenvalue weighted by molar-refractivity contribution is 14.1. The van der Waals surface area contributed by atoms with Crippen LogP contribution in [-0.4, -0.2) is 15.0 Å². The second-order valence-electron chi connectivity index (χ2n) is 2.48. The molecule has 1 aromatic carbocycles. The molecular formula is C10H9IO2. The van der Waals surface area contributed by atoms with Crippen LogP contribution in [0.2, 0.25) is 0 Å². The van der Waals surface area contributed by atoms with Gasteiger partial charge in [0.15, 0.2) is 9.89 Å². The number of carbonyl (C=O) groups excluding carboxylic acids is 1. The van der Waals surface area contributed by atoms with E-state index in [4.69, 9.17) is 5.11 Å². The third kappa shape index (κ3) is 3.69. The molecule has 0 bridgehead atoms. The maximum atomic E-state index is 11.0. The number of hydrogen-bond donors (Lipinski definition) is 1. The van der Waals surface area contributed by atoms with Crippen LogP contribution in [-0.2, 0) is 4.79 Å². The van der Waals surface area contributed by atoms with E-state index in [1.807, 2.05) is 30.3 Å². The lowest BCUT2D eigenvalue weighted by molar-refractivity contribution is -0.117. The molecule has 3 heteroatoms. The van der Waals surface area contributed by atoms with Crippen LogP contribution in [0.3, 0.4) is 0 Å². The summed E-state index contributed by atoms with van der Waals surface area (Å²) in [5.41, 5.74) is 0.952. The van der Waals surface area contributed by atoms with Crippen LogP contribution < -0.4 is 0 Å². The van der Waals surface area contributed by atoms with Gasteiger partial charge in [-0.05, 0) is 34.2 Å². The van der Waals surface area contributed by atoms with E-state index in [0.29, 0.717) is 0 Å². The first-order chi connectivity index (χ1) is 6.20. The SMILES string of the molecule is O=C(C=Cc1ccccc1)C(O)I. The molecule has 1 aromatic rings. The van der Waals surface area contributed by atoms with Crippen LogP contribution in [0.25, 0.3) is 6.08 Å². The van der Waals surface area contributed by atoms with E-state index in [-0.39, 0.29) is 5.78 Å². The molecule has 0 amide bonds. The van der Waals surface area contributed by atoms with Crippen LogP contribution in [0.4, 0.5) is 0 Å². The number of aliphatic hydroxyl groups is 1. The summed E-state index contributed by atoms with van der Waals surface area (Å²) in [6, 6.07) is 9.48. The molecule has 0 radical (unpaired) electrons. The normalized spacial score (nSPS) is 13.1. The first kappa shape index (κ1) is 10.4. The molecule has 13 heavy (non-hydrogen) atoms. The van der Waals surface area contributed by atoms with E-state index in [1.54, 1.807) is 28.7 Å². The fraction of sp³-hybridized carbons (Fsp3) is 0.100. The van der Waals surface area contributed by atoms with Crippen molar-refractivity contribution in [3.8, 4) is 0 Å². The predicted octanol–water partition coefficient (Wildman–Crippen LogP) is 2.02. The molecule has 1 rings (SSSR count). The zero-order chi connectivity index (χ0) is 9.68. The summed E-state index contributed by atoms with van der Waals surface area (Å²) < 4.78 is -0.947. The Bertz CT molecular complexity index is 304. The minimum absolute atomic E-state index is 0.288. The van der Waals surface area contributed by atoms with Crippen LogP contribution in [0, 0.1) is 0 Å². The van der Waals surface area contributed by atoms with E-state index in [9.17, 15) is 4.79 Å². The highest BCUT2D eigenvalue weighted by Crippen LogP contribution is 2.03. The van der Waals surface area contributed by atoms with Crippen molar-refractivity contribution in [2.75, 3.05) is 0 Å². The monoisotopic (exact) mass is 288 g/mol. The second-order valence-corrected chi connectivity index (χ2v) is 3.66. The molecule has 2 nitrogen and oxygen atoms in total. The van der Waals surface area contributed by atoms with Crippen molar-refractivity contribution in [3.63, 3.8) is 0 Å². The first-order valence-electron chi connectivity index (χ1n) is 3.79. The Morgan fingerprint density at radius 1 is 1.38 bits per heavy atom. The summed E-state index contributed by atoms with van der Waals surface area (Å²) in [4.78, 5) is 11.0. The summed E-state index contributed by atoms with van der Waals surface area (Å²) in [5.74, 6) is -0.288. The molecule has 0 aromatic heterocycles. The van der Waals surface area contributed by atoms with Crippen LogP contribution in [0.15, 0.2) is 36.4 Å². The smallest absolute Gasteiger partial charge is 0.194 e. The average molecular weight is 288 g/mol. The average Bonchev–Trinajstić information content (AvgIpc) is 2.15. The topological polar surface area (TPSA) is 37.3 Å². The molecule has 0 saturated carbocycles. The van der Waals surface area contributed by atoms with Gasteiger partial charge in [0.1, 0.15) is 0 Å². The number of ketones is 1. The van der Waals surface area contributed by atoms with Gasteiger partial charge in [0.2, 0.25) is 0 Å². The van der Waals surface area contributed by atoms with Crippen LogP contribution in [0.1, 0.15) is 5.56 Å². The lowest BCUT2D eigenvalue weighted by Gasteiger charge is -1.94. The third-order valence-electron chi connectivity index (χ3n) is 1.47. The van der Waals surface area contributed by atoms with Crippen LogP contribution in [0.5, 0.6) is 0 Å². The van der Waals surface area contributed by atoms with Gasteiger partial charge < -0.3 is 5.11 Å². The lowest BCUT2D eigenvalue weighted by Crippen LogP contribution is -2.08. The number of aliphatic hydroxyl groups excluding tert-OH is 1. The number of carbonyl (C=O) groups is 1. The number of benzene rings is 1. The largest absolute Gasteiger partial charge is 0.375 e. The molecule has 1 atom stereocenters. The standard InChI is InChI=1S/C10H9IO2/c11-10(13)9(12)7-6-8-4-2-1-3-5-8/h1-7,10,13H. The fourth-order valence-corrected chi connectivity index (χ4v) is 1.03. The molecule has 0 spiro atoms. The third-order valence-corrected chi connectivity index (χ3v) is 2.09. The Kier molecular flexibility index (Phi) is 4.11. The summed E-state index contributed by atoms with van der Waals surface area (Å²) in [5, 5.41) is 8.88. The Hall–Kier alpha value is -0.680. The Morgan fingerprint density at radius 2 is 2.00 bits per heavy atom. The van der Waals surface area contributed by atoms with Gasteiger partial charge in [-0.1, -0.05) is 36.4 Å². The van der Waals surface area contributed by atoms with E-state index in [0.717, 1.165) is 5.56 Å². The van der Waals surface area contributed by atoms with Crippen LogP contribution >= 0.6 is 22.6 Å². The van der Waals surface area contributed by atoms with Gasteiger partial charge in [0.25, 0.3) is 0 Å². The van der Waals surface area contributed by atoms with Gasteiger partial charge in [0.05, 0.1) is 0 Å². The lowest BCUT2D eigenvalue weighted by atomic mass is 10.2. The highest BCUT2D eigenvalue weighted by atomic mass is 127. The Morgan fingerprint density at radius 3 is 2.54 bits per heavy atom. The van der Waals surface area contributed by atoms with Crippen molar-refractivity contribution in [3.05, 3.63) is 42.0 Å². The molecule has 0 fully saturated rings. The number of hydrogen-bond acceptors (Lipinski definition) is 2. The van der Waals surface area contributed by atoms with Crippen molar-refractivity contribution < 1.29 is 9.90 Å². The summed E-state index contributed by atoms with van der Waals surface area (Å²) in [6.45, 7) is 0. The van der Waals surface area contributed by atoms with Gasteiger partial charge in [-0.3, -0.25) is 4.79 Å². The van der Waals surface area contributed by atoms with Gasteiger partial charge in [-0.2, -0.15) is 0 Å². The molecule has 1 N–H and O–H groups in total. The number of halogens is 1. The fourth-order valence-electron chi connectivity index (χ4n) is 0.822. The molecular weight excluding hydrogens is 279 g/mol. The van der Waals surface area contributed by atoms with E-state index in [2.05, 4.69) is 0 Å². The van der Waals surface area contributed by atoms with Crippen molar-refractivity contribution >= 4 is 34.5 Å². The molecule has 1 unspecified atom stereocenters. The molecule has 0 heterocycles. The van der Waals surface area contributed by atoms with Gasteiger partial charge in [-0.25, -0.2) is 0 Å². The highest BCUT2D eigenvalue weighted by Gasteiger charge is 2.04. The Labute approximate surface area is 90.4 Å². The maximum absolute atomic E-state index is 11.0. The summed E-state index contributed by atoms with van der Waals surface area (Å²) in [7, 11) is 0. The predicted molar refractivity (Wildman–Crippen MR) is 60.5 cm³/mol. The first-order valence-corrected chi connectivity index (χ1v) is 5.04. The maximum Gasteiger partial charge on any atom is 0.194 e. The minimum atomic E-state index is -0.947. The zero-order valence-electron chi connectivity index (χ0n) is 6.85. The molecule has 0 aliphatic carbocycles. The molecule has 0 saturated heterocycles. The number of alkyl halides is 1. The quantitative estimate of drug-likeness (QED) is 0.525. The van der Waals surface area contributed by atoms with Gasteiger partial charge in [0, 0.05) is 0 Å². The van der Waals surface area contributed by atoms with Gasteiger partial charge >= 0.3 is 0 Å². The van der Waals surface area contributed by atoms with Crippen molar-refractivity contribution in [2.24, 2.45) is 0 Å². The second kappa shape index (κ2) is 5.14. The Balaban J connectivity index is 2.64. The van der Waals surface area contributed by atoms with Gasteiger partial charge in [-0.15, -0.1) is 0 Å². The minimum Gasteiger partial charge on any atom is -0.375 e. The van der Waals surface area contributed by atoms with Crippen molar-refractivity contribution in [1.82, 2.24) is 0 Å².